The van der Waals surface area contributed by atoms with Gasteiger partial charge < -0.3 is 22.8 Å². The maximum atomic E-state index is 12.2. The normalized spacial score (nSPS) is 13.1. The third-order valence-electron chi connectivity index (χ3n) is 3.23. The van der Waals surface area contributed by atoms with Crippen LogP contribution in [0.3, 0.4) is 0 Å². The van der Waals surface area contributed by atoms with E-state index < -0.39 is 32.2 Å². The van der Waals surface area contributed by atoms with E-state index in [0.29, 0.717) is 6.42 Å². The van der Waals surface area contributed by atoms with E-state index >= 15 is 0 Å². The summed E-state index contributed by atoms with van der Waals surface area (Å²) in [4.78, 5) is 24.4. The van der Waals surface area contributed by atoms with Gasteiger partial charge >= 0.3 is 20.7 Å². The lowest BCUT2D eigenvalue weighted by Crippen LogP contribution is -2.53. The van der Waals surface area contributed by atoms with Crippen LogP contribution in [0.15, 0.2) is 0 Å². The highest BCUT2D eigenvalue weighted by molar-refractivity contribution is 6.63. The Labute approximate surface area is 127 Å². The average Bonchev–Trinajstić information content (AvgIpc) is 2.48. The van der Waals surface area contributed by atoms with E-state index in [2.05, 4.69) is 0 Å². The van der Waals surface area contributed by atoms with Crippen LogP contribution in [0.2, 0.25) is 5.54 Å². The lowest BCUT2D eigenvalue weighted by Gasteiger charge is -2.34. The third kappa shape index (κ3) is 4.77. The van der Waals surface area contributed by atoms with Gasteiger partial charge in [-0.15, -0.1) is 0 Å². The zero-order chi connectivity index (χ0) is 16.5. The van der Waals surface area contributed by atoms with Crippen molar-refractivity contribution in [2.75, 3.05) is 34.5 Å². The summed E-state index contributed by atoms with van der Waals surface area (Å²) in [5.74, 6) is -2.42. The van der Waals surface area contributed by atoms with E-state index in [9.17, 15) is 9.59 Å². The Kier molecular flexibility index (Phi) is 9.43. The molecule has 0 saturated heterocycles. The number of hydrogen-bond acceptors (Lipinski definition) is 7. The summed E-state index contributed by atoms with van der Waals surface area (Å²) in [6.45, 7) is 5.53. The van der Waals surface area contributed by atoms with E-state index in [1.54, 1.807) is 13.8 Å². The molecular weight excluding hydrogens is 296 g/mol. The van der Waals surface area contributed by atoms with Gasteiger partial charge in [-0.1, -0.05) is 6.92 Å². The number of carbonyl (C=O) groups is 2. The maximum Gasteiger partial charge on any atom is 0.504 e. The molecule has 0 saturated carbocycles. The lowest BCUT2D eigenvalue weighted by atomic mass is 10.0. The Balaban J connectivity index is 5.61. The molecular formula is C13H26O7Si. The molecule has 0 aliphatic rings. The number of carbonyl (C=O) groups excluding carboxylic acids is 2. The summed E-state index contributed by atoms with van der Waals surface area (Å²) in [5, 5.41) is 0. The first-order chi connectivity index (χ1) is 9.97. The fourth-order valence-electron chi connectivity index (χ4n) is 2.28. The van der Waals surface area contributed by atoms with Crippen molar-refractivity contribution in [1.29, 1.82) is 0 Å². The molecule has 0 aliphatic carbocycles. The second kappa shape index (κ2) is 9.88. The number of ether oxygens (including phenoxy) is 2. The molecule has 124 valence electrons. The van der Waals surface area contributed by atoms with Gasteiger partial charge in [-0.25, -0.2) is 0 Å². The summed E-state index contributed by atoms with van der Waals surface area (Å²) in [6, 6.07) is 0. The smallest absolute Gasteiger partial charge is 0.465 e. The summed E-state index contributed by atoms with van der Waals surface area (Å²) in [5.41, 5.74) is -0.574. The minimum absolute atomic E-state index is 0.173. The van der Waals surface area contributed by atoms with Crippen molar-refractivity contribution >= 4 is 20.7 Å². The van der Waals surface area contributed by atoms with Gasteiger partial charge in [0.15, 0.2) is 5.92 Å². The fourth-order valence-corrected chi connectivity index (χ4v) is 4.87. The van der Waals surface area contributed by atoms with Crippen LogP contribution in [0.25, 0.3) is 0 Å². The zero-order valence-corrected chi connectivity index (χ0v) is 14.6. The minimum Gasteiger partial charge on any atom is -0.465 e. The molecule has 0 spiro atoms. The predicted molar refractivity (Wildman–Crippen MR) is 77.6 cm³/mol. The molecule has 8 heteroatoms. The van der Waals surface area contributed by atoms with Crippen LogP contribution in [-0.2, 0) is 32.3 Å². The van der Waals surface area contributed by atoms with E-state index in [4.69, 9.17) is 22.8 Å². The standard InChI is InChI=1S/C13H26O7Si/c1-7-10(21(16-4,17-5)18-6)11(12(14)19-8-2)13(15)20-9-3/h10-11H,7-9H2,1-6H3. The molecule has 0 aliphatic heterocycles. The van der Waals surface area contributed by atoms with Crippen LogP contribution in [0, 0.1) is 5.92 Å². The molecule has 0 fully saturated rings. The van der Waals surface area contributed by atoms with Gasteiger partial charge in [-0.3, -0.25) is 9.59 Å². The second-order valence-electron chi connectivity index (χ2n) is 4.21. The van der Waals surface area contributed by atoms with Crippen molar-refractivity contribution in [1.82, 2.24) is 0 Å². The van der Waals surface area contributed by atoms with Crippen molar-refractivity contribution in [3.63, 3.8) is 0 Å². The SMILES string of the molecule is CCOC(=O)C(C(=O)OCC)C(CC)[Si](OC)(OC)OC. The van der Waals surface area contributed by atoms with Gasteiger partial charge in [0.2, 0.25) is 0 Å². The van der Waals surface area contributed by atoms with E-state index in [1.165, 1.54) is 21.3 Å². The predicted octanol–water partition coefficient (Wildman–Crippen LogP) is 1.39. The third-order valence-corrected chi connectivity index (χ3v) is 6.59. The maximum absolute atomic E-state index is 12.2. The highest BCUT2D eigenvalue weighted by atomic mass is 28.4. The lowest BCUT2D eigenvalue weighted by molar-refractivity contribution is -0.162. The van der Waals surface area contributed by atoms with Crippen molar-refractivity contribution in [2.45, 2.75) is 32.7 Å². The van der Waals surface area contributed by atoms with Crippen LogP contribution in [0.5, 0.6) is 0 Å². The Hall–Kier alpha value is -0.963. The van der Waals surface area contributed by atoms with Gasteiger partial charge in [0.25, 0.3) is 0 Å². The van der Waals surface area contributed by atoms with Gasteiger partial charge in [0.05, 0.1) is 18.8 Å². The highest BCUT2D eigenvalue weighted by Crippen LogP contribution is 2.36. The van der Waals surface area contributed by atoms with Gasteiger partial charge in [-0.2, -0.15) is 0 Å². The molecule has 7 nitrogen and oxygen atoms in total. The molecule has 0 aromatic carbocycles. The van der Waals surface area contributed by atoms with Gasteiger partial charge in [0, 0.05) is 21.3 Å². The van der Waals surface area contributed by atoms with Crippen LogP contribution in [0.4, 0.5) is 0 Å². The average molecular weight is 322 g/mol. The summed E-state index contributed by atoms with van der Waals surface area (Å²) < 4.78 is 26.2. The van der Waals surface area contributed by atoms with Crippen molar-refractivity contribution < 1.29 is 32.3 Å². The number of esters is 2. The highest BCUT2D eigenvalue weighted by Gasteiger charge is 2.55. The molecule has 0 heterocycles. The Bertz CT molecular complexity index is 304. The molecule has 21 heavy (non-hydrogen) atoms. The Morgan fingerprint density at radius 2 is 1.24 bits per heavy atom. The molecule has 0 radical (unpaired) electrons. The topological polar surface area (TPSA) is 80.3 Å². The van der Waals surface area contributed by atoms with Crippen molar-refractivity contribution in [3.05, 3.63) is 0 Å². The molecule has 0 N–H and O–H groups in total. The van der Waals surface area contributed by atoms with Crippen molar-refractivity contribution in [3.8, 4) is 0 Å². The quantitative estimate of drug-likeness (QED) is 0.341. The zero-order valence-electron chi connectivity index (χ0n) is 13.6. The van der Waals surface area contributed by atoms with Crippen LogP contribution >= 0.6 is 0 Å². The van der Waals surface area contributed by atoms with Crippen LogP contribution in [-0.4, -0.2) is 55.3 Å². The molecule has 0 aromatic heterocycles. The first-order valence-corrected chi connectivity index (χ1v) is 8.76. The first kappa shape index (κ1) is 20.0. The van der Waals surface area contributed by atoms with Gasteiger partial charge in [0.1, 0.15) is 0 Å². The Morgan fingerprint density at radius 1 is 0.857 bits per heavy atom. The van der Waals surface area contributed by atoms with E-state index in [0.717, 1.165) is 0 Å². The molecule has 1 unspecified atom stereocenters. The monoisotopic (exact) mass is 322 g/mol. The summed E-state index contributed by atoms with van der Waals surface area (Å²) in [6.07, 6.45) is 0.448. The van der Waals surface area contributed by atoms with Crippen LogP contribution < -0.4 is 0 Å². The minimum atomic E-state index is -3.20. The molecule has 0 amide bonds. The van der Waals surface area contributed by atoms with Crippen molar-refractivity contribution in [2.24, 2.45) is 5.92 Å². The first-order valence-electron chi connectivity index (χ1n) is 6.96. The van der Waals surface area contributed by atoms with Crippen LogP contribution in [0.1, 0.15) is 27.2 Å². The number of rotatable bonds is 10. The molecule has 0 rings (SSSR count). The Morgan fingerprint density at radius 3 is 1.48 bits per heavy atom. The molecule has 0 bridgehead atoms. The van der Waals surface area contributed by atoms with E-state index in [1.807, 2.05) is 6.92 Å². The molecule has 1 atom stereocenters. The summed E-state index contributed by atoms with van der Waals surface area (Å²) in [7, 11) is 1.12. The second-order valence-corrected chi connectivity index (χ2v) is 7.39. The van der Waals surface area contributed by atoms with E-state index in [-0.39, 0.29) is 13.2 Å². The fraction of sp³-hybridized carbons (Fsp3) is 0.846. The number of hydrogen-bond donors (Lipinski definition) is 0. The largest absolute Gasteiger partial charge is 0.504 e. The summed E-state index contributed by atoms with van der Waals surface area (Å²) >= 11 is 0. The molecule has 0 aromatic rings. The van der Waals surface area contributed by atoms with Gasteiger partial charge in [-0.05, 0) is 20.3 Å².